The van der Waals surface area contributed by atoms with Crippen LogP contribution in [0.25, 0.3) is 0 Å². The predicted octanol–water partition coefficient (Wildman–Crippen LogP) is 1.61. The van der Waals surface area contributed by atoms with E-state index in [4.69, 9.17) is 0 Å². The number of hydrogen-bond donors (Lipinski definition) is 0. The second-order valence-corrected chi connectivity index (χ2v) is 5.17. The van der Waals surface area contributed by atoms with Gasteiger partial charge in [0.2, 0.25) is 5.91 Å². The maximum Gasteiger partial charge on any atom is 0.253 e. The zero-order valence-corrected chi connectivity index (χ0v) is 11.8. The molecule has 0 spiro atoms. The van der Waals surface area contributed by atoms with Crippen LogP contribution in [0.15, 0.2) is 18.2 Å². The van der Waals surface area contributed by atoms with Crippen molar-refractivity contribution in [1.82, 2.24) is 9.80 Å². The molecular weight excluding hydrogens is 240 g/mol. The van der Waals surface area contributed by atoms with E-state index in [1.54, 1.807) is 11.8 Å². The van der Waals surface area contributed by atoms with Crippen molar-refractivity contribution in [2.24, 2.45) is 0 Å². The van der Waals surface area contributed by atoms with Crippen molar-refractivity contribution in [3.05, 3.63) is 34.9 Å². The van der Waals surface area contributed by atoms with Gasteiger partial charge in [0.15, 0.2) is 0 Å². The Balaban J connectivity index is 2.07. The SMILES string of the molecule is CC(=O)N1CCN(C(=O)c2cc(C)cc(C)c2)CC1. The highest BCUT2D eigenvalue weighted by Crippen LogP contribution is 2.13. The Bertz CT molecular complexity index is 483. The van der Waals surface area contributed by atoms with Crippen LogP contribution in [0.3, 0.4) is 0 Å². The minimum atomic E-state index is 0.0648. The van der Waals surface area contributed by atoms with Crippen LogP contribution < -0.4 is 0 Å². The molecule has 0 aliphatic carbocycles. The van der Waals surface area contributed by atoms with Crippen molar-refractivity contribution >= 4 is 11.8 Å². The third kappa shape index (κ3) is 3.13. The third-order valence-electron chi connectivity index (χ3n) is 3.48. The number of piperazine rings is 1. The van der Waals surface area contributed by atoms with E-state index in [0.717, 1.165) is 16.7 Å². The number of carbonyl (C=O) groups is 2. The van der Waals surface area contributed by atoms with Crippen molar-refractivity contribution in [2.75, 3.05) is 26.2 Å². The molecule has 4 nitrogen and oxygen atoms in total. The zero-order valence-electron chi connectivity index (χ0n) is 11.8. The summed E-state index contributed by atoms with van der Waals surface area (Å²) in [6.07, 6.45) is 0. The van der Waals surface area contributed by atoms with Crippen LogP contribution >= 0.6 is 0 Å². The van der Waals surface area contributed by atoms with Gasteiger partial charge in [0.05, 0.1) is 0 Å². The van der Waals surface area contributed by atoms with Gasteiger partial charge < -0.3 is 9.80 Å². The second-order valence-electron chi connectivity index (χ2n) is 5.17. The average molecular weight is 260 g/mol. The summed E-state index contributed by atoms with van der Waals surface area (Å²) in [6.45, 7) is 8.06. The van der Waals surface area contributed by atoms with Crippen LogP contribution in [0.1, 0.15) is 28.4 Å². The third-order valence-corrected chi connectivity index (χ3v) is 3.48. The summed E-state index contributed by atoms with van der Waals surface area (Å²) in [6, 6.07) is 5.91. The number of hydrogen-bond acceptors (Lipinski definition) is 2. The Morgan fingerprint density at radius 2 is 1.37 bits per heavy atom. The fourth-order valence-electron chi connectivity index (χ4n) is 2.51. The van der Waals surface area contributed by atoms with Gasteiger partial charge in [-0.2, -0.15) is 0 Å². The lowest BCUT2D eigenvalue weighted by atomic mass is 10.1. The van der Waals surface area contributed by atoms with E-state index >= 15 is 0 Å². The molecule has 102 valence electrons. The molecule has 0 aromatic heterocycles. The van der Waals surface area contributed by atoms with Gasteiger partial charge in [-0.05, 0) is 26.0 Å². The van der Waals surface area contributed by atoms with Crippen LogP contribution in [0.2, 0.25) is 0 Å². The fourth-order valence-corrected chi connectivity index (χ4v) is 2.51. The molecule has 1 fully saturated rings. The molecular formula is C15H20N2O2. The highest BCUT2D eigenvalue weighted by molar-refractivity contribution is 5.94. The van der Waals surface area contributed by atoms with Gasteiger partial charge in [0, 0.05) is 38.7 Å². The summed E-state index contributed by atoms with van der Waals surface area (Å²) in [7, 11) is 0. The quantitative estimate of drug-likeness (QED) is 0.769. The molecule has 1 saturated heterocycles. The number of benzene rings is 1. The highest BCUT2D eigenvalue weighted by Gasteiger charge is 2.23. The lowest BCUT2D eigenvalue weighted by Crippen LogP contribution is -2.50. The largest absolute Gasteiger partial charge is 0.339 e. The molecule has 0 unspecified atom stereocenters. The monoisotopic (exact) mass is 260 g/mol. The van der Waals surface area contributed by atoms with Crippen molar-refractivity contribution in [1.29, 1.82) is 0 Å². The maximum absolute atomic E-state index is 12.4. The molecule has 1 aromatic rings. The molecule has 1 aliphatic rings. The van der Waals surface area contributed by atoms with Gasteiger partial charge in [-0.1, -0.05) is 17.2 Å². The van der Waals surface area contributed by atoms with Crippen LogP contribution in [0, 0.1) is 13.8 Å². The molecule has 0 saturated carbocycles. The Morgan fingerprint density at radius 3 is 1.84 bits per heavy atom. The van der Waals surface area contributed by atoms with Gasteiger partial charge in [-0.15, -0.1) is 0 Å². The van der Waals surface area contributed by atoms with Crippen molar-refractivity contribution in [3.8, 4) is 0 Å². The minimum absolute atomic E-state index is 0.0648. The fraction of sp³-hybridized carbons (Fsp3) is 0.467. The zero-order chi connectivity index (χ0) is 14.0. The Kier molecular flexibility index (Phi) is 3.88. The first-order chi connectivity index (χ1) is 8.97. The van der Waals surface area contributed by atoms with Gasteiger partial charge in [-0.25, -0.2) is 0 Å². The first-order valence-electron chi connectivity index (χ1n) is 6.60. The van der Waals surface area contributed by atoms with E-state index in [1.165, 1.54) is 0 Å². The normalized spacial score (nSPS) is 15.5. The standard InChI is InChI=1S/C15H20N2O2/c1-11-8-12(2)10-14(9-11)15(19)17-6-4-16(5-7-17)13(3)18/h8-10H,4-7H2,1-3H3. The van der Waals surface area contributed by atoms with Gasteiger partial charge in [0.1, 0.15) is 0 Å². The molecule has 0 radical (unpaired) electrons. The van der Waals surface area contributed by atoms with E-state index in [2.05, 4.69) is 6.07 Å². The maximum atomic E-state index is 12.4. The van der Waals surface area contributed by atoms with E-state index < -0.39 is 0 Å². The Labute approximate surface area is 114 Å². The Morgan fingerprint density at radius 1 is 0.895 bits per heavy atom. The number of aryl methyl sites for hydroxylation is 2. The van der Waals surface area contributed by atoms with Crippen molar-refractivity contribution in [3.63, 3.8) is 0 Å². The summed E-state index contributed by atoms with van der Waals surface area (Å²) >= 11 is 0. The van der Waals surface area contributed by atoms with E-state index in [9.17, 15) is 9.59 Å². The molecule has 1 aromatic carbocycles. The van der Waals surface area contributed by atoms with Crippen LogP contribution in [0.4, 0.5) is 0 Å². The molecule has 2 amide bonds. The summed E-state index contributed by atoms with van der Waals surface area (Å²) in [5.74, 6) is 0.147. The molecule has 0 N–H and O–H groups in total. The number of nitrogens with zero attached hydrogens (tertiary/aromatic N) is 2. The Hall–Kier alpha value is -1.84. The first-order valence-corrected chi connectivity index (χ1v) is 6.60. The minimum Gasteiger partial charge on any atom is -0.339 e. The van der Waals surface area contributed by atoms with E-state index in [-0.39, 0.29) is 11.8 Å². The average Bonchev–Trinajstić information content (AvgIpc) is 2.37. The summed E-state index contributed by atoms with van der Waals surface area (Å²) in [5.41, 5.74) is 2.95. The highest BCUT2D eigenvalue weighted by atomic mass is 16.2. The lowest BCUT2D eigenvalue weighted by molar-refractivity contribution is -0.130. The molecule has 2 rings (SSSR count). The molecule has 19 heavy (non-hydrogen) atoms. The van der Waals surface area contributed by atoms with E-state index in [1.807, 2.05) is 30.9 Å². The predicted molar refractivity (Wildman–Crippen MR) is 74.1 cm³/mol. The number of amides is 2. The topological polar surface area (TPSA) is 40.6 Å². The molecule has 0 atom stereocenters. The summed E-state index contributed by atoms with van der Waals surface area (Å²) in [5, 5.41) is 0. The van der Waals surface area contributed by atoms with Gasteiger partial charge >= 0.3 is 0 Å². The van der Waals surface area contributed by atoms with Crippen LogP contribution in [-0.2, 0) is 4.79 Å². The summed E-state index contributed by atoms with van der Waals surface area (Å²) in [4.78, 5) is 27.3. The van der Waals surface area contributed by atoms with E-state index in [0.29, 0.717) is 26.2 Å². The van der Waals surface area contributed by atoms with Crippen molar-refractivity contribution in [2.45, 2.75) is 20.8 Å². The molecule has 4 heteroatoms. The smallest absolute Gasteiger partial charge is 0.253 e. The lowest BCUT2D eigenvalue weighted by Gasteiger charge is -2.34. The molecule has 1 heterocycles. The number of carbonyl (C=O) groups excluding carboxylic acids is 2. The van der Waals surface area contributed by atoms with Crippen molar-refractivity contribution < 1.29 is 9.59 Å². The van der Waals surface area contributed by atoms with Crippen LogP contribution in [-0.4, -0.2) is 47.8 Å². The van der Waals surface area contributed by atoms with Crippen LogP contribution in [0.5, 0.6) is 0 Å². The first kappa shape index (κ1) is 13.6. The second kappa shape index (κ2) is 5.43. The number of rotatable bonds is 1. The van der Waals surface area contributed by atoms with Gasteiger partial charge in [0.25, 0.3) is 5.91 Å². The molecule has 1 aliphatic heterocycles. The molecule has 0 bridgehead atoms. The van der Waals surface area contributed by atoms with Gasteiger partial charge in [-0.3, -0.25) is 9.59 Å². The summed E-state index contributed by atoms with van der Waals surface area (Å²) < 4.78 is 0.